The first-order valence-electron chi connectivity index (χ1n) is 8.58. The first-order chi connectivity index (χ1) is 10.9. The lowest BCUT2D eigenvalue weighted by molar-refractivity contribution is 0.0487. The van der Waals surface area contributed by atoms with E-state index in [2.05, 4.69) is 22.5 Å². The van der Waals surface area contributed by atoms with Crippen LogP contribution in [0.25, 0.3) is 0 Å². The number of unbranched alkanes of at least 4 members (excludes halogenated alkanes) is 1. The minimum Gasteiger partial charge on any atom is -0.379 e. The van der Waals surface area contributed by atoms with Crippen LogP contribution in [-0.4, -0.2) is 65.2 Å². The van der Waals surface area contributed by atoms with Gasteiger partial charge in [-0.25, -0.2) is 0 Å². The molecule has 0 aromatic heterocycles. The zero-order chi connectivity index (χ0) is 15.9. The Balaban J connectivity index is 1.88. The lowest BCUT2D eigenvalue weighted by Crippen LogP contribution is -2.40. The van der Waals surface area contributed by atoms with Crippen LogP contribution in [0, 0.1) is 0 Å². The number of hydrogen-bond acceptors (Lipinski definition) is 4. The minimum atomic E-state index is 0.418. The smallest absolute Gasteiger partial charge is 0.191 e. The third-order valence-electron chi connectivity index (χ3n) is 3.56. The van der Waals surface area contributed by atoms with E-state index in [9.17, 15) is 0 Å². The quantitative estimate of drug-likeness (QED) is 0.325. The Hall–Kier alpha value is -0.850. The predicted octanol–water partition coefficient (Wildman–Crippen LogP) is 1.55. The predicted molar refractivity (Wildman–Crippen MR) is 89.5 cm³/mol. The van der Waals surface area contributed by atoms with Gasteiger partial charge in [-0.1, -0.05) is 13.3 Å². The molecule has 1 unspecified atom stereocenters. The topological polar surface area (TPSA) is 64.1 Å². The summed E-state index contributed by atoms with van der Waals surface area (Å²) < 4.78 is 16.5. The molecule has 0 saturated carbocycles. The zero-order valence-electron chi connectivity index (χ0n) is 14.2. The summed E-state index contributed by atoms with van der Waals surface area (Å²) in [5, 5.41) is 6.54. The maximum atomic E-state index is 5.60. The lowest BCUT2D eigenvalue weighted by Gasteiger charge is -2.14. The van der Waals surface area contributed by atoms with Gasteiger partial charge < -0.3 is 24.8 Å². The van der Waals surface area contributed by atoms with Crippen LogP contribution in [0.4, 0.5) is 0 Å². The SMILES string of the molecule is CCCCOCCOCCNC(=NC)NCCC1CCCO1. The summed E-state index contributed by atoms with van der Waals surface area (Å²) in [7, 11) is 1.78. The van der Waals surface area contributed by atoms with E-state index < -0.39 is 0 Å². The molecule has 1 fully saturated rings. The summed E-state index contributed by atoms with van der Waals surface area (Å²) in [4.78, 5) is 4.19. The average molecular weight is 315 g/mol. The van der Waals surface area contributed by atoms with Crippen molar-refractivity contribution in [1.82, 2.24) is 10.6 Å². The number of nitrogens with zero attached hydrogens (tertiary/aromatic N) is 1. The Morgan fingerprint density at radius 1 is 1.14 bits per heavy atom. The van der Waals surface area contributed by atoms with E-state index in [-0.39, 0.29) is 0 Å². The van der Waals surface area contributed by atoms with Crippen molar-refractivity contribution in [1.29, 1.82) is 0 Å². The van der Waals surface area contributed by atoms with Crippen molar-refractivity contribution < 1.29 is 14.2 Å². The number of guanidine groups is 1. The van der Waals surface area contributed by atoms with Gasteiger partial charge in [0.25, 0.3) is 0 Å². The molecule has 6 nitrogen and oxygen atoms in total. The number of rotatable bonds is 12. The van der Waals surface area contributed by atoms with E-state index in [0.29, 0.717) is 25.9 Å². The van der Waals surface area contributed by atoms with Gasteiger partial charge in [0.05, 0.1) is 25.9 Å². The van der Waals surface area contributed by atoms with Crippen LogP contribution in [0.2, 0.25) is 0 Å². The van der Waals surface area contributed by atoms with Crippen molar-refractivity contribution in [3.63, 3.8) is 0 Å². The normalized spacial score (nSPS) is 18.6. The van der Waals surface area contributed by atoms with E-state index in [4.69, 9.17) is 14.2 Å². The highest BCUT2D eigenvalue weighted by Gasteiger charge is 2.14. The van der Waals surface area contributed by atoms with Crippen LogP contribution < -0.4 is 10.6 Å². The highest BCUT2D eigenvalue weighted by molar-refractivity contribution is 5.79. The molecule has 1 saturated heterocycles. The maximum Gasteiger partial charge on any atom is 0.191 e. The van der Waals surface area contributed by atoms with Gasteiger partial charge in [0.2, 0.25) is 0 Å². The molecular weight excluding hydrogens is 282 g/mol. The van der Waals surface area contributed by atoms with Crippen LogP contribution in [0.5, 0.6) is 0 Å². The molecule has 0 aliphatic carbocycles. The lowest BCUT2D eigenvalue weighted by atomic mass is 10.2. The first-order valence-corrected chi connectivity index (χ1v) is 8.58. The Bertz CT molecular complexity index is 282. The standard InChI is InChI=1S/C16H33N3O3/c1-3-4-10-20-13-14-21-12-9-19-16(17-2)18-8-7-15-6-5-11-22-15/h15H,3-14H2,1-2H3,(H2,17,18,19). The fraction of sp³-hybridized carbons (Fsp3) is 0.938. The fourth-order valence-electron chi connectivity index (χ4n) is 2.25. The summed E-state index contributed by atoms with van der Waals surface area (Å²) >= 11 is 0. The number of hydrogen-bond donors (Lipinski definition) is 2. The molecule has 0 bridgehead atoms. The third-order valence-corrected chi connectivity index (χ3v) is 3.56. The third kappa shape index (κ3) is 9.97. The molecule has 0 radical (unpaired) electrons. The van der Waals surface area contributed by atoms with Crippen LogP contribution in [0.3, 0.4) is 0 Å². The molecule has 0 aromatic rings. The molecule has 1 heterocycles. The summed E-state index contributed by atoms with van der Waals surface area (Å²) in [5.74, 6) is 0.820. The molecule has 1 atom stereocenters. The Labute approximate surface area is 135 Å². The van der Waals surface area contributed by atoms with Gasteiger partial charge in [-0.15, -0.1) is 0 Å². The molecule has 0 aromatic carbocycles. The molecule has 1 aliphatic heterocycles. The van der Waals surface area contributed by atoms with E-state index in [1.54, 1.807) is 7.05 Å². The van der Waals surface area contributed by atoms with Crippen LogP contribution in [0.15, 0.2) is 4.99 Å². The van der Waals surface area contributed by atoms with Gasteiger partial charge in [-0.05, 0) is 25.7 Å². The second-order valence-corrected chi connectivity index (χ2v) is 5.43. The second-order valence-electron chi connectivity index (χ2n) is 5.43. The van der Waals surface area contributed by atoms with E-state index in [1.165, 1.54) is 19.3 Å². The van der Waals surface area contributed by atoms with Gasteiger partial charge in [-0.3, -0.25) is 4.99 Å². The minimum absolute atomic E-state index is 0.418. The Morgan fingerprint density at radius 2 is 1.91 bits per heavy atom. The van der Waals surface area contributed by atoms with Crippen molar-refractivity contribution in [3.8, 4) is 0 Å². The maximum absolute atomic E-state index is 5.60. The Morgan fingerprint density at radius 3 is 2.59 bits per heavy atom. The van der Waals surface area contributed by atoms with Crippen molar-refractivity contribution >= 4 is 5.96 Å². The van der Waals surface area contributed by atoms with Gasteiger partial charge in [-0.2, -0.15) is 0 Å². The van der Waals surface area contributed by atoms with Crippen LogP contribution in [0.1, 0.15) is 39.0 Å². The molecule has 2 N–H and O–H groups in total. The molecule has 130 valence electrons. The molecule has 1 rings (SSSR count). The van der Waals surface area contributed by atoms with Crippen molar-refractivity contribution in [2.24, 2.45) is 4.99 Å². The largest absolute Gasteiger partial charge is 0.379 e. The van der Waals surface area contributed by atoms with Gasteiger partial charge in [0.1, 0.15) is 0 Å². The zero-order valence-corrected chi connectivity index (χ0v) is 14.2. The summed E-state index contributed by atoms with van der Waals surface area (Å²) in [5.41, 5.74) is 0. The molecule has 0 amide bonds. The summed E-state index contributed by atoms with van der Waals surface area (Å²) in [6.45, 7) is 7.52. The molecular formula is C16H33N3O3. The van der Waals surface area contributed by atoms with Crippen molar-refractivity contribution in [3.05, 3.63) is 0 Å². The summed E-state index contributed by atoms with van der Waals surface area (Å²) in [6.07, 6.45) is 6.12. The van der Waals surface area contributed by atoms with Gasteiger partial charge in [0, 0.05) is 33.4 Å². The van der Waals surface area contributed by atoms with Crippen molar-refractivity contribution in [2.75, 3.05) is 53.2 Å². The number of ether oxygens (including phenoxy) is 3. The van der Waals surface area contributed by atoms with Gasteiger partial charge >= 0.3 is 0 Å². The average Bonchev–Trinajstić information content (AvgIpc) is 3.05. The van der Waals surface area contributed by atoms with Crippen LogP contribution in [-0.2, 0) is 14.2 Å². The van der Waals surface area contributed by atoms with Crippen molar-refractivity contribution in [2.45, 2.75) is 45.1 Å². The molecule has 22 heavy (non-hydrogen) atoms. The molecule has 1 aliphatic rings. The molecule has 6 heteroatoms. The number of aliphatic imine (C=N–C) groups is 1. The highest BCUT2D eigenvalue weighted by atomic mass is 16.5. The Kier molecular flexibility index (Phi) is 12.0. The second kappa shape index (κ2) is 13.8. The number of nitrogens with one attached hydrogen (secondary N) is 2. The van der Waals surface area contributed by atoms with E-state index in [1.807, 2.05) is 0 Å². The summed E-state index contributed by atoms with van der Waals surface area (Å²) in [6, 6.07) is 0. The molecule has 0 spiro atoms. The monoisotopic (exact) mass is 315 g/mol. The van der Waals surface area contributed by atoms with Crippen LogP contribution >= 0.6 is 0 Å². The first kappa shape index (κ1) is 19.2. The fourth-order valence-corrected chi connectivity index (χ4v) is 2.25. The highest BCUT2D eigenvalue weighted by Crippen LogP contribution is 2.14. The van der Waals surface area contributed by atoms with E-state index >= 15 is 0 Å². The van der Waals surface area contributed by atoms with Gasteiger partial charge in [0.15, 0.2) is 5.96 Å². The van der Waals surface area contributed by atoms with E-state index in [0.717, 1.165) is 45.1 Å².